The van der Waals surface area contributed by atoms with E-state index in [2.05, 4.69) is 0 Å². The van der Waals surface area contributed by atoms with Gasteiger partial charge >= 0.3 is 7.60 Å². The molecular formula is C9H18BO6P. The Hall–Kier alpha value is -0.165. The van der Waals surface area contributed by atoms with Crippen molar-refractivity contribution in [2.24, 2.45) is 0 Å². The van der Waals surface area contributed by atoms with Crippen LogP contribution in [0.3, 0.4) is 0 Å². The summed E-state index contributed by atoms with van der Waals surface area (Å²) in [5.74, 6) is 0.746. The standard InChI is InChI=1S/C9H18BO6P/c1-2-4-15-8-7(11)6(16-9(8)10)3-5-17(12,13)14/h3,5-9,11H,2,4,10H2,1H3,(H2,12,13,14)/b5-3+/t6-,7?,8+,9-/m1/s1. The lowest BCUT2D eigenvalue weighted by Crippen LogP contribution is -2.35. The van der Waals surface area contributed by atoms with E-state index in [9.17, 15) is 9.67 Å². The minimum atomic E-state index is -4.22. The summed E-state index contributed by atoms with van der Waals surface area (Å²) in [4.78, 5) is 17.4. The molecule has 0 radical (unpaired) electrons. The number of hydrogen-bond donors (Lipinski definition) is 3. The van der Waals surface area contributed by atoms with Crippen molar-refractivity contribution in [2.45, 2.75) is 37.7 Å². The van der Waals surface area contributed by atoms with Crippen molar-refractivity contribution in [2.75, 3.05) is 6.61 Å². The Labute approximate surface area is 101 Å². The van der Waals surface area contributed by atoms with E-state index >= 15 is 0 Å². The second kappa shape index (κ2) is 6.13. The Morgan fingerprint density at radius 3 is 2.71 bits per heavy atom. The second-order valence-corrected chi connectivity index (χ2v) is 5.54. The van der Waals surface area contributed by atoms with Crippen LogP contribution in [-0.2, 0) is 14.0 Å². The van der Waals surface area contributed by atoms with E-state index in [1.165, 1.54) is 6.08 Å². The van der Waals surface area contributed by atoms with Crippen LogP contribution in [0.25, 0.3) is 0 Å². The lowest BCUT2D eigenvalue weighted by molar-refractivity contribution is -0.0190. The quantitative estimate of drug-likeness (QED) is 0.444. The summed E-state index contributed by atoms with van der Waals surface area (Å²) in [5.41, 5.74) is 0. The summed E-state index contributed by atoms with van der Waals surface area (Å²) in [7, 11) is -2.46. The van der Waals surface area contributed by atoms with Gasteiger partial charge in [-0.25, -0.2) is 0 Å². The lowest BCUT2D eigenvalue weighted by atomic mass is 9.93. The Kier molecular flexibility index (Phi) is 5.37. The summed E-state index contributed by atoms with van der Waals surface area (Å²) in [6.45, 7) is 2.47. The zero-order valence-electron chi connectivity index (χ0n) is 9.89. The molecule has 0 aromatic heterocycles. The number of aliphatic hydroxyl groups is 1. The molecule has 17 heavy (non-hydrogen) atoms. The summed E-state index contributed by atoms with van der Waals surface area (Å²) in [6, 6.07) is -0.303. The molecule has 98 valence electrons. The van der Waals surface area contributed by atoms with Gasteiger partial charge < -0.3 is 24.4 Å². The molecular weight excluding hydrogens is 246 g/mol. The van der Waals surface area contributed by atoms with E-state index in [-0.39, 0.29) is 6.00 Å². The third-order valence-electron chi connectivity index (χ3n) is 2.49. The number of hydrogen-bond acceptors (Lipinski definition) is 4. The van der Waals surface area contributed by atoms with Crippen LogP contribution in [0.4, 0.5) is 0 Å². The maximum atomic E-state index is 10.7. The third kappa shape index (κ3) is 4.54. The molecule has 4 atom stereocenters. The van der Waals surface area contributed by atoms with Crippen molar-refractivity contribution in [1.29, 1.82) is 0 Å². The summed E-state index contributed by atoms with van der Waals surface area (Å²) < 4.78 is 21.5. The van der Waals surface area contributed by atoms with E-state index in [1.54, 1.807) is 7.85 Å². The first-order valence-electron chi connectivity index (χ1n) is 5.55. The highest BCUT2D eigenvalue weighted by atomic mass is 31.2. The molecule has 0 aliphatic carbocycles. The van der Waals surface area contributed by atoms with Gasteiger partial charge in [-0.1, -0.05) is 6.92 Å². The molecule has 0 spiro atoms. The van der Waals surface area contributed by atoms with Gasteiger partial charge in [0.2, 0.25) is 0 Å². The zero-order chi connectivity index (χ0) is 13.1. The molecule has 0 aromatic rings. The molecule has 0 saturated carbocycles. The maximum Gasteiger partial charge on any atom is 0.348 e. The molecule has 6 nitrogen and oxygen atoms in total. The fraction of sp³-hybridized carbons (Fsp3) is 0.778. The Balaban J connectivity index is 2.61. The van der Waals surface area contributed by atoms with Crippen molar-refractivity contribution >= 4 is 15.4 Å². The molecule has 8 heteroatoms. The van der Waals surface area contributed by atoms with Crippen molar-refractivity contribution in [3.8, 4) is 0 Å². The highest BCUT2D eigenvalue weighted by Gasteiger charge is 2.40. The molecule has 0 bridgehead atoms. The van der Waals surface area contributed by atoms with Crippen LogP contribution >= 0.6 is 7.60 Å². The van der Waals surface area contributed by atoms with Gasteiger partial charge in [-0.15, -0.1) is 0 Å². The van der Waals surface area contributed by atoms with Gasteiger partial charge in [-0.3, -0.25) is 4.57 Å². The molecule has 1 aliphatic rings. The number of rotatable bonds is 5. The molecule has 1 saturated heterocycles. The van der Waals surface area contributed by atoms with E-state index < -0.39 is 25.9 Å². The highest BCUT2D eigenvalue weighted by molar-refractivity contribution is 7.55. The van der Waals surface area contributed by atoms with Gasteiger partial charge in [-0.2, -0.15) is 0 Å². The lowest BCUT2D eigenvalue weighted by Gasteiger charge is -2.17. The first kappa shape index (κ1) is 14.9. The van der Waals surface area contributed by atoms with Gasteiger partial charge in [0.25, 0.3) is 0 Å². The topological polar surface area (TPSA) is 96.2 Å². The van der Waals surface area contributed by atoms with E-state index in [1.807, 2.05) is 6.92 Å². The molecule has 1 aliphatic heterocycles. The predicted molar refractivity (Wildman–Crippen MR) is 64.4 cm³/mol. The first-order chi connectivity index (χ1) is 7.85. The van der Waals surface area contributed by atoms with Crippen LogP contribution in [0, 0.1) is 0 Å². The average Bonchev–Trinajstić information content (AvgIpc) is 2.48. The summed E-state index contributed by atoms with van der Waals surface area (Å²) in [6.07, 6.45) is -0.0730. The molecule has 0 amide bonds. The minimum absolute atomic E-state index is 0.303. The van der Waals surface area contributed by atoms with Crippen LogP contribution in [-0.4, -0.2) is 53.7 Å². The van der Waals surface area contributed by atoms with E-state index in [0.29, 0.717) is 6.61 Å². The number of ether oxygens (including phenoxy) is 2. The largest absolute Gasteiger partial charge is 0.387 e. The normalized spacial score (nSPS) is 34.6. The fourth-order valence-corrected chi connectivity index (χ4v) is 2.11. The van der Waals surface area contributed by atoms with Crippen LogP contribution in [0.2, 0.25) is 0 Å². The highest BCUT2D eigenvalue weighted by Crippen LogP contribution is 2.37. The first-order valence-corrected chi connectivity index (χ1v) is 7.23. The summed E-state index contributed by atoms with van der Waals surface area (Å²) in [5, 5.41) is 9.89. The summed E-state index contributed by atoms with van der Waals surface area (Å²) >= 11 is 0. The van der Waals surface area contributed by atoms with Gasteiger partial charge in [0.05, 0.1) is 6.00 Å². The van der Waals surface area contributed by atoms with Gasteiger partial charge in [0.1, 0.15) is 26.2 Å². The third-order valence-corrected chi connectivity index (χ3v) is 3.05. The zero-order valence-corrected chi connectivity index (χ0v) is 10.8. The Morgan fingerprint density at radius 2 is 2.18 bits per heavy atom. The SMILES string of the molecule is B[C@@H]1O[C@H](/C=C/P(=O)(O)O)C(O)[C@@H]1OCCC. The molecule has 1 fully saturated rings. The second-order valence-electron chi connectivity index (χ2n) is 4.06. The van der Waals surface area contributed by atoms with Crippen molar-refractivity contribution in [3.05, 3.63) is 11.9 Å². The van der Waals surface area contributed by atoms with Crippen molar-refractivity contribution in [3.63, 3.8) is 0 Å². The van der Waals surface area contributed by atoms with Crippen molar-refractivity contribution < 1.29 is 28.9 Å². The molecule has 0 aromatic carbocycles. The Morgan fingerprint density at radius 1 is 1.53 bits per heavy atom. The molecule has 3 N–H and O–H groups in total. The molecule has 1 unspecified atom stereocenters. The van der Waals surface area contributed by atoms with Gasteiger partial charge in [-0.05, 0) is 12.5 Å². The van der Waals surface area contributed by atoms with Crippen LogP contribution in [0.1, 0.15) is 13.3 Å². The number of aliphatic hydroxyl groups excluding tert-OH is 1. The molecule has 1 heterocycles. The monoisotopic (exact) mass is 264 g/mol. The van der Waals surface area contributed by atoms with E-state index in [0.717, 1.165) is 12.2 Å². The van der Waals surface area contributed by atoms with Gasteiger partial charge in [0.15, 0.2) is 0 Å². The predicted octanol–water partition coefficient (Wildman–Crippen LogP) is -0.808. The maximum absolute atomic E-state index is 10.7. The smallest absolute Gasteiger partial charge is 0.348 e. The average molecular weight is 264 g/mol. The molecule has 1 rings (SSSR count). The minimum Gasteiger partial charge on any atom is -0.387 e. The van der Waals surface area contributed by atoms with Crippen LogP contribution in [0.5, 0.6) is 0 Å². The fourth-order valence-electron chi connectivity index (χ4n) is 1.71. The van der Waals surface area contributed by atoms with E-state index in [4.69, 9.17) is 19.3 Å². The van der Waals surface area contributed by atoms with Crippen LogP contribution in [0.15, 0.2) is 11.9 Å². The van der Waals surface area contributed by atoms with Crippen LogP contribution < -0.4 is 0 Å². The van der Waals surface area contributed by atoms with Gasteiger partial charge in [0, 0.05) is 12.4 Å². The van der Waals surface area contributed by atoms with Crippen molar-refractivity contribution in [1.82, 2.24) is 0 Å². The Bertz CT molecular complexity index is 317.